The van der Waals surface area contributed by atoms with Crippen LogP contribution >= 0.6 is 27.5 Å². The summed E-state index contributed by atoms with van der Waals surface area (Å²) in [7, 11) is 1.53. The number of nitrogens with one attached hydrogen (secondary N) is 1. The van der Waals surface area contributed by atoms with Crippen molar-refractivity contribution in [3.05, 3.63) is 27.5 Å². The van der Waals surface area contributed by atoms with Crippen LogP contribution in [-0.2, 0) is 0 Å². The average molecular weight is 249 g/mol. The van der Waals surface area contributed by atoms with E-state index in [-0.39, 0.29) is 11.6 Å². The van der Waals surface area contributed by atoms with Crippen molar-refractivity contribution in [1.82, 2.24) is 10.3 Å². The average Bonchev–Trinajstić information content (AvgIpc) is 2.03. The molecule has 1 aromatic heterocycles. The Bertz CT molecular complexity index is 316. The van der Waals surface area contributed by atoms with Gasteiger partial charge in [-0.05, 0) is 22.0 Å². The molecule has 0 radical (unpaired) electrons. The number of carbonyl (C=O) groups excluding carboxylic acids is 1. The minimum atomic E-state index is -0.285. The van der Waals surface area contributed by atoms with Gasteiger partial charge in [0.25, 0.3) is 5.91 Å². The second-order valence-electron chi connectivity index (χ2n) is 2.06. The highest BCUT2D eigenvalue weighted by Crippen LogP contribution is 2.18. The van der Waals surface area contributed by atoms with Crippen LogP contribution in [0.3, 0.4) is 0 Å². The molecule has 1 aromatic rings. The number of rotatable bonds is 1. The number of hydrogen-bond acceptors (Lipinski definition) is 2. The molecule has 0 aromatic carbocycles. The highest BCUT2D eigenvalue weighted by Gasteiger charge is 2.09. The molecule has 3 nitrogen and oxygen atoms in total. The van der Waals surface area contributed by atoms with Crippen LogP contribution in [0.1, 0.15) is 10.5 Å². The van der Waals surface area contributed by atoms with Crippen LogP contribution in [0.15, 0.2) is 16.7 Å². The monoisotopic (exact) mass is 248 g/mol. The van der Waals surface area contributed by atoms with Gasteiger partial charge in [-0.2, -0.15) is 0 Å². The molecule has 5 heteroatoms. The molecule has 0 aliphatic carbocycles. The van der Waals surface area contributed by atoms with Crippen molar-refractivity contribution in [1.29, 1.82) is 0 Å². The fourth-order valence-electron chi connectivity index (χ4n) is 0.700. The van der Waals surface area contributed by atoms with E-state index in [0.29, 0.717) is 5.02 Å². The molecule has 0 saturated heterocycles. The molecular formula is C7H6BrClN2O. The second kappa shape index (κ2) is 3.87. The highest BCUT2D eigenvalue weighted by atomic mass is 79.9. The molecule has 1 heterocycles. The van der Waals surface area contributed by atoms with Crippen molar-refractivity contribution in [2.45, 2.75) is 0 Å². The number of nitrogens with zero attached hydrogens (tertiary/aromatic N) is 1. The molecule has 12 heavy (non-hydrogen) atoms. The van der Waals surface area contributed by atoms with E-state index in [1.54, 1.807) is 6.07 Å². The smallest absolute Gasteiger partial charge is 0.271 e. The minimum absolute atomic E-state index is 0.238. The predicted octanol–water partition coefficient (Wildman–Crippen LogP) is 1.86. The Hall–Kier alpha value is -0.610. The van der Waals surface area contributed by atoms with Crippen molar-refractivity contribution in [3.63, 3.8) is 0 Å². The summed E-state index contributed by atoms with van der Waals surface area (Å²) in [5, 5.41) is 2.78. The maximum absolute atomic E-state index is 11.1. The van der Waals surface area contributed by atoms with E-state index in [9.17, 15) is 4.79 Å². The van der Waals surface area contributed by atoms with Gasteiger partial charge in [0.05, 0.1) is 5.02 Å². The Balaban J connectivity index is 3.09. The lowest BCUT2D eigenvalue weighted by Gasteiger charge is -2.00. The molecule has 0 fully saturated rings. The topological polar surface area (TPSA) is 42.0 Å². The third-order valence-corrected chi connectivity index (χ3v) is 1.97. The number of hydrogen-bond donors (Lipinski definition) is 1. The molecule has 0 atom stereocenters. The fraction of sp³-hybridized carbons (Fsp3) is 0.143. The van der Waals surface area contributed by atoms with E-state index in [0.717, 1.165) is 4.47 Å². The maximum atomic E-state index is 11.1. The fourth-order valence-corrected chi connectivity index (χ4v) is 1.42. The van der Waals surface area contributed by atoms with Gasteiger partial charge in [0.1, 0.15) is 5.69 Å². The summed E-state index contributed by atoms with van der Waals surface area (Å²) in [5.74, 6) is -0.285. The molecule has 1 amide bonds. The first-order valence-corrected chi connectivity index (χ1v) is 4.35. The summed E-state index contributed by atoms with van der Waals surface area (Å²) in [6.07, 6.45) is 1.52. The van der Waals surface area contributed by atoms with Gasteiger partial charge >= 0.3 is 0 Å². The van der Waals surface area contributed by atoms with Crippen LogP contribution in [0.4, 0.5) is 0 Å². The predicted molar refractivity (Wildman–Crippen MR) is 50.3 cm³/mol. The van der Waals surface area contributed by atoms with Crippen LogP contribution in [-0.4, -0.2) is 17.9 Å². The number of carbonyl (C=O) groups is 1. The number of aromatic nitrogens is 1. The van der Waals surface area contributed by atoms with Gasteiger partial charge in [0.2, 0.25) is 0 Å². The van der Waals surface area contributed by atoms with Crippen molar-refractivity contribution in [3.8, 4) is 0 Å². The SMILES string of the molecule is CNC(=O)c1ncc(Br)cc1Cl. The lowest BCUT2D eigenvalue weighted by atomic mass is 10.3. The molecule has 0 aliphatic rings. The molecular weight excluding hydrogens is 243 g/mol. The summed E-state index contributed by atoms with van der Waals surface area (Å²) in [5.41, 5.74) is 0.238. The zero-order valence-electron chi connectivity index (χ0n) is 6.27. The summed E-state index contributed by atoms with van der Waals surface area (Å²) >= 11 is 8.94. The van der Waals surface area contributed by atoms with Crippen molar-refractivity contribution >= 4 is 33.4 Å². The molecule has 0 bridgehead atoms. The zero-order valence-corrected chi connectivity index (χ0v) is 8.61. The molecule has 1 rings (SSSR count). The number of pyridine rings is 1. The van der Waals surface area contributed by atoms with Gasteiger partial charge in [0, 0.05) is 17.7 Å². The maximum Gasteiger partial charge on any atom is 0.271 e. The number of halogens is 2. The first-order chi connectivity index (χ1) is 5.65. The Kier molecular flexibility index (Phi) is 3.05. The number of amides is 1. The van der Waals surface area contributed by atoms with Crippen molar-refractivity contribution in [2.75, 3.05) is 7.05 Å². The molecule has 0 unspecified atom stereocenters. The highest BCUT2D eigenvalue weighted by molar-refractivity contribution is 9.10. The van der Waals surface area contributed by atoms with Crippen LogP contribution in [0.5, 0.6) is 0 Å². The van der Waals surface area contributed by atoms with Crippen LogP contribution in [0.25, 0.3) is 0 Å². The first kappa shape index (κ1) is 9.48. The van der Waals surface area contributed by atoms with Gasteiger partial charge in [-0.1, -0.05) is 11.6 Å². The van der Waals surface area contributed by atoms with Gasteiger partial charge in [-0.25, -0.2) is 4.98 Å². The van der Waals surface area contributed by atoms with Crippen LogP contribution < -0.4 is 5.32 Å². The zero-order chi connectivity index (χ0) is 9.14. The standard InChI is InChI=1S/C7H6BrClN2O/c1-10-7(12)6-5(9)2-4(8)3-11-6/h2-3H,1H3,(H,10,12). The normalized spacial score (nSPS) is 9.58. The van der Waals surface area contributed by atoms with Gasteiger partial charge in [-0.15, -0.1) is 0 Å². The van der Waals surface area contributed by atoms with Gasteiger partial charge in [-0.3, -0.25) is 4.79 Å². The molecule has 0 spiro atoms. The molecule has 1 N–H and O–H groups in total. The Morgan fingerprint density at radius 1 is 1.75 bits per heavy atom. The quantitative estimate of drug-likeness (QED) is 0.825. The van der Waals surface area contributed by atoms with E-state index >= 15 is 0 Å². The largest absolute Gasteiger partial charge is 0.354 e. The van der Waals surface area contributed by atoms with E-state index in [1.807, 2.05) is 0 Å². The third kappa shape index (κ3) is 1.95. The van der Waals surface area contributed by atoms with Crippen molar-refractivity contribution in [2.24, 2.45) is 0 Å². The van der Waals surface area contributed by atoms with Gasteiger partial charge in [0.15, 0.2) is 0 Å². The summed E-state index contributed by atoms with van der Waals surface area (Å²) in [6.45, 7) is 0. The molecule has 0 saturated carbocycles. The summed E-state index contributed by atoms with van der Waals surface area (Å²) in [6, 6.07) is 1.62. The Morgan fingerprint density at radius 2 is 2.42 bits per heavy atom. The lowest BCUT2D eigenvalue weighted by molar-refractivity contribution is 0.0958. The molecule has 0 aliphatic heterocycles. The lowest BCUT2D eigenvalue weighted by Crippen LogP contribution is -2.19. The van der Waals surface area contributed by atoms with Crippen LogP contribution in [0.2, 0.25) is 5.02 Å². The summed E-state index contributed by atoms with van der Waals surface area (Å²) < 4.78 is 0.750. The molecule has 64 valence electrons. The Morgan fingerprint density at radius 3 is 2.92 bits per heavy atom. The van der Waals surface area contributed by atoms with E-state index in [4.69, 9.17) is 11.6 Å². The van der Waals surface area contributed by atoms with Crippen LogP contribution in [0, 0.1) is 0 Å². The second-order valence-corrected chi connectivity index (χ2v) is 3.39. The van der Waals surface area contributed by atoms with E-state index < -0.39 is 0 Å². The first-order valence-electron chi connectivity index (χ1n) is 3.18. The Labute approximate surface area is 83.3 Å². The van der Waals surface area contributed by atoms with Crippen molar-refractivity contribution < 1.29 is 4.79 Å². The summed E-state index contributed by atoms with van der Waals surface area (Å²) in [4.78, 5) is 14.9. The van der Waals surface area contributed by atoms with Gasteiger partial charge < -0.3 is 5.32 Å². The van der Waals surface area contributed by atoms with E-state index in [1.165, 1.54) is 13.2 Å². The minimum Gasteiger partial charge on any atom is -0.354 e. The third-order valence-electron chi connectivity index (χ3n) is 1.25. The van der Waals surface area contributed by atoms with E-state index in [2.05, 4.69) is 26.2 Å².